The number of fused-ring (bicyclic) bond motifs is 1. The number of carbonyl (C=O) groups is 6. The molecule has 7 rings (SSSR count). The molecule has 1 aromatic heterocycles. The quantitative estimate of drug-likeness (QED) is 0.00710. The molecule has 20 heteroatoms. The molecule has 2 saturated carbocycles. The van der Waals surface area contributed by atoms with Gasteiger partial charge < -0.3 is 47.4 Å². The molecular weight excluding hydrogens is 1100 g/mol. The van der Waals surface area contributed by atoms with Crippen LogP contribution in [-0.4, -0.2) is 100 Å². The summed E-state index contributed by atoms with van der Waals surface area (Å²) < 4.78 is 57.2. The number of unbranched alkanes of at least 4 members (excludes halogenated alkanes) is 6. The van der Waals surface area contributed by atoms with Crippen LogP contribution in [0.4, 0.5) is 5.13 Å². The lowest BCUT2D eigenvalue weighted by atomic mass is 9.82. The van der Waals surface area contributed by atoms with Crippen LogP contribution in [-0.2, 0) is 47.7 Å². The van der Waals surface area contributed by atoms with Gasteiger partial charge in [-0.3, -0.25) is 19.2 Å². The molecular formula is C64H75N3O16S. The number of hydrogen-bond acceptors (Lipinski definition) is 20. The van der Waals surface area contributed by atoms with Crippen molar-refractivity contribution in [1.82, 2.24) is 4.98 Å². The second kappa shape index (κ2) is 34.6. The standard InChI is InChI=1S/C64H75N3O16S/c1-4-58(68)78-38-14-8-6-12-36-76-50-26-30-52(31-27-50)80-60(70)45-18-20-47(21-19-45)62(72)82-54-34-35-56(49(42-54)43-65-67(44-75-41-40-74-3)64-66-55-16-10-11-17-57(55)84-64)83-63(73)48-24-22-46(23-25-48)61(71)81-53-32-28-51(29-33-53)77-37-13-7-9-15-39-79-59(69)5-2/h4-5,10-11,16-17,26-35,42-43,45-48H,1-2,6-9,12-15,18-25,36-41,44H2,3H3/b65-43+. The monoisotopic (exact) mass is 1170 g/mol. The number of anilines is 1. The Morgan fingerprint density at radius 3 is 1.45 bits per heavy atom. The normalized spacial score (nSPS) is 16.7. The lowest BCUT2D eigenvalue weighted by molar-refractivity contribution is -0.145. The van der Waals surface area contributed by atoms with Crippen molar-refractivity contribution in [3.05, 3.63) is 122 Å². The van der Waals surface area contributed by atoms with Crippen molar-refractivity contribution >= 4 is 68.7 Å². The van der Waals surface area contributed by atoms with Gasteiger partial charge in [0.2, 0.25) is 5.13 Å². The largest absolute Gasteiger partial charge is 0.494 e. The van der Waals surface area contributed by atoms with E-state index in [1.54, 1.807) is 78.8 Å². The van der Waals surface area contributed by atoms with E-state index in [0.717, 1.165) is 73.7 Å². The number of rotatable bonds is 34. The van der Waals surface area contributed by atoms with E-state index in [9.17, 15) is 28.8 Å². The molecule has 84 heavy (non-hydrogen) atoms. The van der Waals surface area contributed by atoms with Crippen LogP contribution >= 0.6 is 11.3 Å². The Morgan fingerprint density at radius 2 is 0.976 bits per heavy atom. The summed E-state index contributed by atoms with van der Waals surface area (Å²) in [6.45, 7) is 9.24. The maximum absolute atomic E-state index is 13.9. The van der Waals surface area contributed by atoms with Gasteiger partial charge in [0, 0.05) is 24.8 Å². The van der Waals surface area contributed by atoms with Gasteiger partial charge in [-0.2, -0.15) is 5.10 Å². The van der Waals surface area contributed by atoms with Crippen molar-refractivity contribution in [3.8, 4) is 34.5 Å². The van der Waals surface area contributed by atoms with E-state index in [1.165, 1.54) is 17.6 Å². The Balaban J connectivity index is 0.911. The lowest BCUT2D eigenvalue weighted by Crippen LogP contribution is -2.30. The number of esters is 6. The third-order valence-corrected chi connectivity index (χ3v) is 15.3. The van der Waals surface area contributed by atoms with Crippen LogP contribution in [0.2, 0.25) is 0 Å². The van der Waals surface area contributed by atoms with Crippen LogP contribution in [0.1, 0.15) is 108 Å². The fraction of sp³-hybridized carbons (Fsp3) is 0.438. The molecule has 0 N–H and O–H groups in total. The fourth-order valence-corrected chi connectivity index (χ4v) is 10.3. The SMILES string of the molecule is C=CC(=O)OCCCCCCOc1ccc(OC(=O)C2CCC(C(=O)Oc3ccc(OC(=O)C4CCC(C(=O)Oc5ccc(OCCCCCCOC(=O)C=C)cc5)CC4)c(/C=N/N(COCCOC)c4nc5ccccc5s4)c3)CC2)cc1. The Morgan fingerprint density at radius 1 is 0.536 bits per heavy atom. The zero-order chi connectivity index (χ0) is 59.3. The Hall–Kier alpha value is -7.94. The molecule has 2 fully saturated rings. The number of carbonyl (C=O) groups excluding carboxylic acids is 6. The third-order valence-electron chi connectivity index (χ3n) is 14.2. The van der Waals surface area contributed by atoms with E-state index >= 15 is 0 Å². The highest BCUT2D eigenvalue weighted by atomic mass is 32.1. The first kappa shape index (κ1) is 63.6. The minimum Gasteiger partial charge on any atom is -0.494 e. The van der Waals surface area contributed by atoms with E-state index in [-0.39, 0.29) is 30.2 Å². The molecule has 1 heterocycles. The number of aromatic nitrogens is 1. The van der Waals surface area contributed by atoms with Crippen molar-refractivity contribution < 1.29 is 76.1 Å². The van der Waals surface area contributed by atoms with Crippen molar-refractivity contribution in [1.29, 1.82) is 0 Å². The van der Waals surface area contributed by atoms with Gasteiger partial charge in [0.1, 0.15) is 41.2 Å². The molecule has 4 aromatic carbocycles. The predicted molar refractivity (Wildman–Crippen MR) is 315 cm³/mol. The summed E-state index contributed by atoms with van der Waals surface area (Å²) in [6, 6.07) is 26.2. The van der Waals surface area contributed by atoms with Gasteiger partial charge in [0.15, 0.2) is 0 Å². The predicted octanol–water partition coefficient (Wildman–Crippen LogP) is 11.7. The molecule has 0 atom stereocenters. The van der Waals surface area contributed by atoms with Gasteiger partial charge in [-0.15, -0.1) is 0 Å². The van der Waals surface area contributed by atoms with Crippen LogP contribution in [0.5, 0.6) is 34.5 Å². The number of hydrogen-bond donors (Lipinski definition) is 0. The smallest absolute Gasteiger partial charge is 0.330 e. The van der Waals surface area contributed by atoms with Crippen molar-refractivity contribution in [2.75, 3.05) is 58.5 Å². The van der Waals surface area contributed by atoms with E-state index in [0.29, 0.717) is 125 Å². The number of benzene rings is 4. The number of thiazole rings is 1. The number of methoxy groups -OCH3 is 1. The first-order chi connectivity index (χ1) is 41.0. The van der Waals surface area contributed by atoms with E-state index in [2.05, 4.69) is 13.2 Å². The highest BCUT2D eigenvalue weighted by molar-refractivity contribution is 7.22. The summed E-state index contributed by atoms with van der Waals surface area (Å²) in [5.74, 6) is -1.76. The Labute approximate surface area is 494 Å². The first-order valence-electron chi connectivity index (χ1n) is 28.8. The summed E-state index contributed by atoms with van der Waals surface area (Å²) in [5, 5.41) is 6.90. The second-order valence-corrected chi connectivity index (χ2v) is 21.3. The molecule has 0 radical (unpaired) electrons. The number of para-hydroxylation sites is 1. The molecule has 0 unspecified atom stereocenters. The van der Waals surface area contributed by atoms with Gasteiger partial charge in [-0.05, 0) is 182 Å². The highest BCUT2D eigenvalue weighted by Crippen LogP contribution is 2.36. The summed E-state index contributed by atoms with van der Waals surface area (Å²) in [4.78, 5) is 81.3. The maximum atomic E-state index is 13.9. The van der Waals surface area contributed by atoms with Gasteiger partial charge in [-0.25, -0.2) is 19.6 Å². The summed E-state index contributed by atoms with van der Waals surface area (Å²) in [5.41, 5.74) is 1.13. The van der Waals surface area contributed by atoms with Crippen molar-refractivity contribution in [2.45, 2.75) is 103 Å². The van der Waals surface area contributed by atoms with Crippen LogP contribution in [0.25, 0.3) is 10.2 Å². The van der Waals surface area contributed by atoms with Crippen LogP contribution < -0.4 is 33.4 Å². The summed E-state index contributed by atoms with van der Waals surface area (Å²) in [7, 11) is 1.58. The minimum absolute atomic E-state index is 0.0236. The first-order valence-corrected chi connectivity index (χ1v) is 29.6. The molecule has 448 valence electrons. The van der Waals surface area contributed by atoms with E-state index in [1.807, 2.05) is 24.3 Å². The van der Waals surface area contributed by atoms with Gasteiger partial charge in [0.25, 0.3) is 0 Å². The van der Waals surface area contributed by atoms with Gasteiger partial charge in [0.05, 0.1) is 79.7 Å². The van der Waals surface area contributed by atoms with Gasteiger partial charge >= 0.3 is 35.8 Å². The summed E-state index contributed by atoms with van der Waals surface area (Å²) >= 11 is 1.43. The van der Waals surface area contributed by atoms with Crippen LogP contribution in [0.15, 0.2) is 121 Å². The number of ether oxygens (including phenoxy) is 10. The van der Waals surface area contributed by atoms with Crippen molar-refractivity contribution in [2.24, 2.45) is 28.8 Å². The molecule has 0 bridgehead atoms. The van der Waals surface area contributed by atoms with E-state index in [4.69, 9.17) is 57.5 Å². The zero-order valence-electron chi connectivity index (χ0n) is 47.7. The highest BCUT2D eigenvalue weighted by Gasteiger charge is 2.34. The average molecular weight is 1170 g/mol. The maximum Gasteiger partial charge on any atom is 0.330 e. The fourth-order valence-electron chi connectivity index (χ4n) is 9.40. The molecule has 0 amide bonds. The van der Waals surface area contributed by atoms with Crippen molar-refractivity contribution in [3.63, 3.8) is 0 Å². The van der Waals surface area contributed by atoms with Crippen LogP contribution in [0.3, 0.4) is 0 Å². The average Bonchev–Trinajstić information content (AvgIpc) is 4.13. The lowest BCUT2D eigenvalue weighted by Gasteiger charge is -2.26. The summed E-state index contributed by atoms with van der Waals surface area (Å²) in [6.07, 6.45) is 14.1. The second-order valence-electron chi connectivity index (χ2n) is 20.3. The molecule has 0 aliphatic heterocycles. The van der Waals surface area contributed by atoms with Crippen LogP contribution in [0, 0.1) is 23.7 Å². The molecule has 0 saturated heterocycles. The molecule has 19 nitrogen and oxygen atoms in total. The minimum atomic E-state index is -0.495. The zero-order valence-corrected chi connectivity index (χ0v) is 48.5. The molecule has 2 aliphatic rings. The number of nitrogens with zero attached hydrogens (tertiary/aromatic N) is 3. The van der Waals surface area contributed by atoms with E-state index < -0.39 is 47.5 Å². The molecule has 0 spiro atoms. The Kier molecular flexibility index (Phi) is 26.2. The Bertz CT molecular complexity index is 2930. The topological polar surface area (TPSA) is 223 Å². The molecule has 2 aliphatic carbocycles. The number of hydrazone groups is 1. The van der Waals surface area contributed by atoms with Gasteiger partial charge in [-0.1, -0.05) is 36.6 Å². The molecule has 5 aromatic rings. The third kappa shape index (κ3) is 21.0.